The van der Waals surface area contributed by atoms with Crippen molar-refractivity contribution in [2.75, 3.05) is 19.0 Å². The molecule has 3 nitrogen and oxygen atoms in total. The first-order valence-corrected chi connectivity index (χ1v) is 5.90. The van der Waals surface area contributed by atoms with Crippen LogP contribution in [-0.4, -0.2) is 24.5 Å². The van der Waals surface area contributed by atoms with E-state index < -0.39 is 22.5 Å². The van der Waals surface area contributed by atoms with E-state index in [0.29, 0.717) is 0 Å². The van der Waals surface area contributed by atoms with Gasteiger partial charge in [0.15, 0.2) is 0 Å². The summed E-state index contributed by atoms with van der Waals surface area (Å²) >= 11 is 3.02. The molecule has 100 valence electrons. The number of halogens is 4. The first-order chi connectivity index (χ1) is 8.36. The van der Waals surface area contributed by atoms with Gasteiger partial charge in [-0.3, -0.25) is 4.79 Å². The summed E-state index contributed by atoms with van der Waals surface area (Å²) in [6, 6.07) is 5.07. The summed E-state index contributed by atoms with van der Waals surface area (Å²) in [5.74, 6) is -0.549. The molecule has 0 aromatic heterocycles. The van der Waals surface area contributed by atoms with E-state index in [2.05, 4.69) is 26.0 Å². The number of rotatable bonds is 4. The Balaban J connectivity index is 2.77. The molecule has 0 bridgehead atoms. The van der Waals surface area contributed by atoms with Gasteiger partial charge in [0.2, 0.25) is 0 Å². The molecule has 0 heterocycles. The summed E-state index contributed by atoms with van der Waals surface area (Å²) in [6.07, 6.45) is -4.43. The number of anilines is 1. The fourth-order valence-electron chi connectivity index (χ4n) is 1.30. The minimum atomic E-state index is -4.43. The van der Waals surface area contributed by atoms with E-state index in [1.165, 1.54) is 25.3 Å². The van der Waals surface area contributed by atoms with Gasteiger partial charge >= 0.3 is 12.1 Å². The summed E-state index contributed by atoms with van der Waals surface area (Å²) in [6.45, 7) is -0.000231. The van der Waals surface area contributed by atoms with Gasteiger partial charge in [0.1, 0.15) is 4.83 Å². The van der Waals surface area contributed by atoms with E-state index >= 15 is 0 Å². The summed E-state index contributed by atoms with van der Waals surface area (Å²) in [4.78, 5) is 10.4. The van der Waals surface area contributed by atoms with Gasteiger partial charge in [0.25, 0.3) is 0 Å². The van der Waals surface area contributed by atoms with Crippen molar-refractivity contribution in [3.05, 3.63) is 29.8 Å². The maximum absolute atomic E-state index is 12.7. The molecule has 1 atom stereocenters. The normalized spacial score (nSPS) is 12.9. The molecule has 7 heteroatoms. The Labute approximate surface area is 110 Å². The van der Waals surface area contributed by atoms with Crippen LogP contribution in [-0.2, 0) is 15.7 Å². The lowest BCUT2D eigenvalue weighted by Gasteiger charge is -2.15. The van der Waals surface area contributed by atoms with E-state index in [1.54, 1.807) is 0 Å². The average molecular weight is 326 g/mol. The molecule has 0 saturated carbocycles. The number of hydrogen-bond acceptors (Lipinski definition) is 3. The predicted octanol–water partition coefficient (Wildman–Crippen LogP) is 3.05. The van der Waals surface area contributed by atoms with Crippen LogP contribution in [0.15, 0.2) is 24.3 Å². The van der Waals surface area contributed by atoms with Crippen LogP contribution in [0.4, 0.5) is 18.9 Å². The Kier molecular flexibility index (Phi) is 5.01. The molecule has 0 amide bonds. The summed E-state index contributed by atoms with van der Waals surface area (Å²) in [5, 5.41) is 2.57. The zero-order valence-corrected chi connectivity index (χ0v) is 11.0. The van der Waals surface area contributed by atoms with Crippen molar-refractivity contribution >= 4 is 27.6 Å². The highest BCUT2D eigenvalue weighted by Gasteiger charge is 2.33. The lowest BCUT2D eigenvalue weighted by molar-refractivity contribution is -0.139. The van der Waals surface area contributed by atoms with Crippen molar-refractivity contribution in [3.8, 4) is 0 Å². The third-order valence-electron chi connectivity index (χ3n) is 2.16. The number of benzene rings is 1. The smallest absolute Gasteiger partial charge is 0.418 e. The average Bonchev–Trinajstić information content (AvgIpc) is 2.34. The van der Waals surface area contributed by atoms with Gasteiger partial charge in [0, 0.05) is 12.2 Å². The van der Waals surface area contributed by atoms with Crippen LogP contribution in [0.1, 0.15) is 5.56 Å². The van der Waals surface area contributed by atoms with Gasteiger partial charge in [-0.25, -0.2) is 0 Å². The molecule has 0 radical (unpaired) electrons. The lowest BCUT2D eigenvalue weighted by atomic mass is 10.1. The maximum Gasteiger partial charge on any atom is 0.418 e. The largest absolute Gasteiger partial charge is 0.468 e. The monoisotopic (exact) mass is 325 g/mol. The van der Waals surface area contributed by atoms with Gasteiger partial charge in [0.05, 0.1) is 12.7 Å². The molecule has 1 aromatic rings. The molecule has 1 N–H and O–H groups in total. The number of hydrogen-bond donors (Lipinski definition) is 1. The van der Waals surface area contributed by atoms with Crippen LogP contribution < -0.4 is 5.32 Å². The van der Waals surface area contributed by atoms with E-state index in [1.807, 2.05) is 0 Å². The second-order valence-corrected chi connectivity index (χ2v) is 4.52. The van der Waals surface area contributed by atoms with Crippen LogP contribution in [0.25, 0.3) is 0 Å². The number of esters is 1. The SMILES string of the molecule is COC(=O)C(Br)CNc1ccccc1C(F)(F)F. The Morgan fingerprint density at radius 1 is 1.44 bits per heavy atom. The molecule has 0 spiro atoms. The second kappa shape index (κ2) is 6.08. The highest BCUT2D eigenvalue weighted by molar-refractivity contribution is 9.10. The molecule has 0 aliphatic carbocycles. The molecule has 1 unspecified atom stereocenters. The maximum atomic E-state index is 12.7. The first kappa shape index (κ1) is 14.8. The highest BCUT2D eigenvalue weighted by Crippen LogP contribution is 2.34. The molecular formula is C11H11BrF3NO2. The molecule has 1 aromatic carbocycles. The molecule has 1 rings (SSSR count). The number of ether oxygens (including phenoxy) is 1. The molecule has 0 fully saturated rings. The topological polar surface area (TPSA) is 38.3 Å². The van der Waals surface area contributed by atoms with E-state index in [0.717, 1.165) is 6.07 Å². The van der Waals surface area contributed by atoms with Crippen molar-refractivity contribution in [1.29, 1.82) is 0 Å². The molecule has 0 aliphatic rings. The zero-order valence-electron chi connectivity index (χ0n) is 9.42. The Bertz CT molecular complexity index is 423. The Morgan fingerprint density at radius 2 is 2.06 bits per heavy atom. The first-order valence-electron chi connectivity index (χ1n) is 4.98. The molecule has 18 heavy (non-hydrogen) atoms. The van der Waals surface area contributed by atoms with Gasteiger partial charge in [-0.2, -0.15) is 13.2 Å². The third kappa shape index (κ3) is 3.90. The second-order valence-electron chi connectivity index (χ2n) is 3.41. The number of methoxy groups -OCH3 is 1. The van der Waals surface area contributed by atoms with E-state index in [4.69, 9.17) is 0 Å². The van der Waals surface area contributed by atoms with Crippen LogP contribution >= 0.6 is 15.9 Å². The molecule has 0 saturated heterocycles. The highest BCUT2D eigenvalue weighted by atomic mass is 79.9. The molecular weight excluding hydrogens is 315 g/mol. The van der Waals surface area contributed by atoms with Crippen molar-refractivity contribution in [2.24, 2.45) is 0 Å². The summed E-state index contributed by atoms with van der Waals surface area (Å²) in [7, 11) is 1.21. The minimum Gasteiger partial charge on any atom is -0.468 e. The number of alkyl halides is 4. The lowest BCUT2D eigenvalue weighted by Crippen LogP contribution is -2.25. The van der Waals surface area contributed by atoms with Crippen molar-refractivity contribution in [1.82, 2.24) is 0 Å². The summed E-state index contributed by atoms with van der Waals surface area (Å²) < 4.78 is 42.4. The van der Waals surface area contributed by atoms with Crippen LogP contribution in [0.3, 0.4) is 0 Å². The third-order valence-corrected chi connectivity index (χ3v) is 2.86. The van der Waals surface area contributed by atoms with E-state index in [-0.39, 0.29) is 12.2 Å². The number of para-hydroxylation sites is 1. The Morgan fingerprint density at radius 3 is 2.61 bits per heavy atom. The zero-order chi connectivity index (χ0) is 13.8. The number of carbonyl (C=O) groups is 1. The van der Waals surface area contributed by atoms with Gasteiger partial charge < -0.3 is 10.1 Å². The summed E-state index contributed by atoms with van der Waals surface area (Å²) in [5.41, 5.74) is -0.840. The van der Waals surface area contributed by atoms with Gasteiger partial charge in [-0.05, 0) is 12.1 Å². The fourth-order valence-corrected chi connectivity index (χ4v) is 1.64. The number of nitrogens with one attached hydrogen (secondary N) is 1. The van der Waals surface area contributed by atoms with Crippen molar-refractivity contribution in [3.63, 3.8) is 0 Å². The fraction of sp³-hybridized carbons (Fsp3) is 0.364. The Hall–Kier alpha value is -1.24. The van der Waals surface area contributed by atoms with Gasteiger partial charge in [-0.15, -0.1) is 0 Å². The predicted molar refractivity (Wildman–Crippen MR) is 64.7 cm³/mol. The van der Waals surface area contributed by atoms with Crippen LogP contribution in [0.5, 0.6) is 0 Å². The van der Waals surface area contributed by atoms with Crippen LogP contribution in [0.2, 0.25) is 0 Å². The number of carbonyl (C=O) groups excluding carboxylic acids is 1. The standard InChI is InChI=1S/C11H11BrF3NO2/c1-18-10(17)8(12)6-16-9-5-3-2-4-7(9)11(13,14)15/h2-5,8,16H,6H2,1H3. The van der Waals surface area contributed by atoms with Crippen LogP contribution in [0, 0.1) is 0 Å². The minimum absolute atomic E-state index is 0.000231. The molecule has 0 aliphatic heterocycles. The van der Waals surface area contributed by atoms with E-state index in [9.17, 15) is 18.0 Å². The quantitative estimate of drug-likeness (QED) is 0.683. The van der Waals surface area contributed by atoms with Gasteiger partial charge in [-0.1, -0.05) is 28.1 Å². The van der Waals surface area contributed by atoms with Crippen molar-refractivity contribution < 1.29 is 22.7 Å². The van der Waals surface area contributed by atoms with Crippen molar-refractivity contribution in [2.45, 2.75) is 11.0 Å².